The number of hydrogen-bond acceptors (Lipinski definition) is 7. The van der Waals surface area contributed by atoms with Crippen molar-refractivity contribution < 1.29 is 9.72 Å². The van der Waals surface area contributed by atoms with E-state index in [9.17, 15) is 14.9 Å². The van der Waals surface area contributed by atoms with Gasteiger partial charge in [-0.3, -0.25) is 20.2 Å². The van der Waals surface area contributed by atoms with Gasteiger partial charge in [0.1, 0.15) is 5.01 Å². The zero-order chi connectivity index (χ0) is 17.7. The van der Waals surface area contributed by atoms with Crippen molar-refractivity contribution in [2.24, 2.45) is 0 Å². The lowest BCUT2D eigenvalue weighted by Gasteiger charge is -2.12. The Hall–Kier alpha value is -2.00. The largest absolute Gasteiger partial charge is 0.300 e. The van der Waals surface area contributed by atoms with Crippen LogP contribution in [0.4, 0.5) is 10.8 Å². The topological polar surface area (TPSA) is 98.0 Å². The average Bonchev–Trinajstić information content (AvgIpc) is 2.96. The van der Waals surface area contributed by atoms with Crippen molar-refractivity contribution in [2.45, 2.75) is 31.9 Å². The van der Waals surface area contributed by atoms with Crippen molar-refractivity contribution in [1.82, 2.24) is 10.2 Å². The van der Waals surface area contributed by atoms with E-state index in [1.54, 1.807) is 12.1 Å². The molecule has 0 unspecified atom stereocenters. The Balaban J connectivity index is 1.79. The molecule has 0 saturated carbocycles. The Bertz CT molecular complexity index is 723. The molecule has 0 fully saturated rings. The van der Waals surface area contributed by atoms with Crippen LogP contribution in [0.15, 0.2) is 24.3 Å². The molecule has 0 aliphatic carbocycles. The highest BCUT2D eigenvalue weighted by atomic mass is 32.2. The van der Waals surface area contributed by atoms with Crippen molar-refractivity contribution in [3.63, 3.8) is 0 Å². The summed E-state index contributed by atoms with van der Waals surface area (Å²) >= 11 is 2.81. The van der Waals surface area contributed by atoms with E-state index in [-0.39, 0.29) is 22.8 Å². The van der Waals surface area contributed by atoms with Crippen molar-refractivity contribution in [2.75, 3.05) is 11.1 Å². The number of aromatic nitrogens is 2. The Morgan fingerprint density at radius 3 is 2.50 bits per heavy atom. The third-order valence-corrected chi connectivity index (χ3v) is 5.23. The maximum absolute atomic E-state index is 11.9. The van der Waals surface area contributed by atoms with Gasteiger partial charge in [-0.1, -0.05) is 44.2 Å². The number of nitrogens with one attached hydrogen (secondary N) is 1. The Kier molecular flexibility index (Phi) is 5.89. The van der Waals surface area contributed by atoms with Gasteiger partial charge in [-0.05, 0) is 5.56 Å². The minimum absolute atomic E-state index is 0.0624. The third kappa shape index (κ3) is 5.27. The maximum Gasteiger partial charge on any atom is 0.269 e. The zero-order valence-corrected chi connectivity index (χ0v) is 15.2. The number of nitro groups is 1. The van der Waals surface area contributed by atoms with Crippen LogP contribution in [0.5, 0.6) is 0 Å². The highest BCUT2D eigenvalue weighted by Gasteiger charge is 2.20. The highest BCUT2D eigenvalue weighted by Crippen LogP contribution is 2.27. The maximum atomic E-state index is 11.9. The summed E-state index contributed by atoms with van der Waals surface area (Å²) in [4.78, 5) is 22.1. The van der Waals surface area contributed by atoms with Crippen LogP contribution in [0.3, 0.4) is 0 Å². The molecule has 9 heteroatoms. The highest BCUT2D eigenvalue weighted by molar-refractivity contribution is 7.99. The molecule has 1 aromatic heterocycles. The first-order valence-corrected chi connectivity index (χ1v) is 9.18. The number of carbonyl (C=O) groups excluding carboxylic acids is 1. The summed E-state index contributed by atoms with van der Waals surface area (Å²) in [5.74, 6) is 0.745. The lowest BCUT2D eigenvalue weighted by Crippen LogP contribution is -2.14. The number of non-ortho nitro benzene ring substituents is 1. The van der Waals surface area contributed by atoms with Gasteiger partial charge in [0, 0.05) is 23.3 Å². The molecule has 0 bridgehead atoms. The number of amides is 1. The van der Waals surface area contributed by atoms with Crippen LogP contribution in [0.1, 0.15) is 31.3 Å². The molecule has 0 spiro atoms. The van der Waals surface area contributed by atoms with E-state index >= 15 is 0 Å². The minimum atomic E-state index is -0.432. The smallest absolute Gasteiger partial charge is 0.269 e. The molecule has 1 heterocycles. The van der Waals surface area contributed by atoms with Crippen molar-refractivity contribution in [3.05, 3.63) is 45.0 Å². The van der Waals surface area contributed by atoms with Gasteiger partial charge in [0.05, 0.1) is 10.7 Å². The summed E-state index contributed by atoms with van der Waals surface area (Å²) in [7, 11) is 0. The van der Waals surface area contributed by atoms with Crippen LogP contribution >= 0.6 is 23.1 Å². The van der Waals surface area contributed by atoms with Gasteiger partial charge in [-0.2, -0.15) is 0 Å². The Labute approximate surface area is 148 Å². The van der Waals surface area contributed by atoms with Gasteiger partial charge in [0.25, 0.3) is 5.69 Å². The number of benzene rings is 1. The standard InChI is InChI=1S/C15H18N4O3S2/c1-15(2,3)13-17-18-14(24-13)16-12(20)9-23-8-10-4-6-11(7-5-10)19(21)22/h4-7H,8-9H2,1-3H3,(H,16,18,20). The lowest BCUT2D eigenvalue weighted by molar-refractivity contribution is -0.384. The van der Waals surface area contributed by atoms with E-state index < -0.39 is 4.92 Å². The van der Waals surface area contributed by atoms with Gasteiger partial charge in [-0.25, -0.2) is 0 Å². The van der Waals surface area contributed by atoms with Crippen LogP contribution in [0.25, 0.3) is 0 Å². The summed E-state index contributed by atoms with van der Waals surface area (Å²) in [6, 6.07) is 6.32. The van der Waals surface area contributed by atoms with Crippen LogP contribution in [-0.4, -0.2) is 26.8 Å². The number of carbonyl (C=O) groups is 1. The van der Waals surface area contributed by atoms with Crippen LogP contribution < -0.4 is 5.32 Å². The molecule has 0 atom stereocenters. The van der Waals surface area contributed by atoms with Crippen molar-refractivity contribution in [3.8, 4) is 0 Å². The summed E-state index contributed by atoms with van der Waals surface area (Å²) in [5, 5.41) is 22.8. The predicted molar refractivity (Wildman–Crippen MR) is 96.5 cm³/mol. The Morgan fingerprint density at radius 2 is 1.96 bits per heavy atom. The second-order valence-electron chi connectivity index (χ2n) is 6.13. The normalized spacial score (nSPS) is 11.3. The van der Waals surface area contributed by atoms with Crippen molar-refractivity contribution >= 4 is 39.8 Å². The molecule has 128 valence electrons. The van der Waals surface area contributed by atoms with Gasteiger partial charge in [0.2, 0.25) is 11.0 Å². The first-order chi connectivity index (χ1) is 11.3. The molecule has 0 radical (unpaired) electrons. The van der Waals surface area contributed by atoms with Crippen LogP contribution in [-0.2, 0) is 16.0 Å². The quantitative estimate of drug-likeness (QED) is 0.619. The van der Waals surface area contributed by atoms with Gasteiger partial charge in [-0.15, -0.1) is 22.0 Å². The van der Waals surface area contributed by atoms with E-state index in [4.69, 9.17) is 0 Å². The molecule has 2 aromatic rings. The van der Waals surface area contributed by atoms with Gasteiger partial charge in [0.15, 0.2) is 0 Å². The minimum Gasteiger partial charge on any atom is -0.300 e. The molecule has 24 heavy (non-hydrogen) atoms. The molecular weight excluding hydrogens is 348 g/mol. The molecule has 1 N–H and O–H groups in total. The van der Waals surface area contributed by atoms with E-state index in [2.05, 4.69) is 15.5 Å². The Morgan fingerprint density at radius 1 is 1.29 bits per heavy atom. The fourth-order valence-electron chi connectivity index (χ4n) is 1.71. The first-order valence-electron chi connectivity index (χ1n) is 7.20. The third-order valence-electron chi connectivity index (χ3n) is 2.96. The molecule has 2 rings (SSSR count). The molecule has 0 aliphatic rings. The second-order valence-corrected chi connectivity index (χ2v) is 8.09. The second kappa shape index (κ2) is 7.71. The summed E-state index contributed by atoms with van der Waals surface area (Å²) in [6.07, 6.45) is 0. The first kappa shape index (κ1) is 18.3. The fraction of sp³-hybridized carbons (Fsp3) is 0.400. The number of nitrogens with zero attached hydrogens (tertiary/aromatic N) is 3. The molecular formula is C15H18N4O3S2. The lowest BCUT2D eigenvalue weighted by atomic mass is 9.98. The average molecular weight is 366 g/mol. The van der Waals surface area contributed by atoms with E-state index in [1.165, 1.54) is 35.2 Å². The summed E-state index contributed by atoms with van der Waals surface area (Å²) in [5.41, 5.74) is 0.905. The number of hydrogen-bond donors (Lipinski definition) is 1. The predicted octanol–water partition coefficient (Wildman–Crippen LogP) is 3.62. The molecule has 1 aromatic carbocycles. The number of nitro benzene ring substituents is 1. The molecule has 7 nitrogen and oxygen atoms in total. The molecule has 0 aliphatic heterocycles. The van der Waals surface area contributed by atoms with Gasteiger partial charge >= 0.3 is 0 Å². The summed E-state index contributed by atoms with van der Waals surface area (Å²) in [6.45, 7) is 6.12. The van der Waals surface area contributed by atoms with E-state index in [0.717, 1.165) is 10.6 Å². The number of thioether (sulfide) groups is 1. The van der Waals surface area contributed by atoms with E-state index in [1.807, 2.05) is 20.8 Å². The van der Waals surface area contributed by atoms with Gasteiger partial charge < -0.3 is 0 Å². The zero-order valence-electron chi connectivity index (χ0n) is 13.6. The number of anilines is 1. The summed E-state index contributed by atoms with van der Waals surface area (Å²) < 4.78 is 0. The van der Waals surface area contributed by atoms with E-state index in [0.29, 0.717) is 10.9 Å². The van der Waals surface area contributed by atoms with Crippen LogP contribution in [0, 0.1) is 10.1 Å². The van der Waals surface area contributed by atoms with Crippen LogP contribution in [0.2, 0.25) is 0 Å². The molecule has 1 amide bonds. The SMILES string of the molecule is CC(C)(C)c1nnc(NC(=O)CSCc2ccc([N+](=O)[O-])cc2)s1. The monoisotopic (exact) mass is 366 g/mol. The van der Waals surface area contributed by atoms with Crippen molar-refractivity contribution in [1.29, 1.82) is 0 Å². The fourth-order valence-corrected chi connectivity index (χ4v) is 3.31. The molecule has 0 saturated heterocycles. The number of rotatable bonds is 6.